The van der Waals surface area contributed by atoms with Crippen molar-refractivity contribution < 1.29 is 25.6 Å². The number of aryl methyl sites for hydroxylation is 1. The maximum absolute atomic E-state index is 10.7. The second-order valence-corrected chi connectivity index (χ2v) is 4.52. The van der Waals surface area contributed by atoms with E-state index in [1.165, 1.54) is 12.1 Å². The van der Waals surface area contributed by atoms with Gasteiger partial charge < -0.3 is 5.73 Å². The Morgan fingerprint density at radius 3 is 2.00 bits per heavy atom. The van der Waals surface area contributed by atoms with Gasteiger partial charge in [0.25, 0.3) is 10.1 Å². The van der Waals surface area contributed by atoms with Crippen LogP contribution in [0.25, 0.3) is 0 Å². The van der Waals surface area contributed by atoms with Gasteiger partial charge in [0.2, 0.25) is 0 Å². The average Bonchev–Trinajstić information content (AvgIpc) is 2.06. The Kier molecular flexibility index (Phi) is 5.08. The summed E-state index contributed by atoms with van der Waals surface area (Å²) < 4.78 is 55.4. The van der Waals surface area contributed by atoms with Crippen LogP contribution in [-0.2, 0) is 20.7 Å². The minimum absolute atomic E-state index is 0.0584. The molecular formula is C7H9NO6S2. The number of rotatable bonds is 1. The van der Waals surface area contributed by atoms with Crippen molar-refractivity contribution in [3.05, 3.63) is 23.8 Å². The van der Waals surface area contributed by atoms with Gasteiger partial charge in [0.05, 0.1) is 5.69 Å². The molecule has 1 aromatic carbocycles. The SMILES string of the molecule is Cc1ccc(N)c(S(=O)(=O)O)c1.O=S(=O)=O. The van der Waals surface area contributed by atoms with Crippen LogP contribution in [0.1, 0.15) is 5.56 Å². The highest BCUT2D eigenvalue weighted by Crippen LogP contribution is 2.18. The van der Waals surface area contributed by atoms with Crippen molar-refractivity contribution >= 4 is 26.4 Å². The number of nitrogens with two attached hydrogens (primary N) is 1. The predicted octanol–water partition coefficient (Wildman–Crippen LogP) is -0.180. The highest BCUT2D eigenvalue weighted by atomic mass is 32.2. The van der Waals surface area contributed by atoms with Crippen molar-refractivity contribution in [2.24, 2.45) is 0 Å². The number of hydrogen-bond acceptors (Lipinski definition) is 6. The van der Waals surface area contributed by atoms with E-state index in [1.54, 1.807) is 13.0 Å². The fourth-order valence-corrected chi connectivity index (χ4v) is 1.57. The molecule has 0 radical (unpaired) electrons. The fourth-order valence-electron chi connectivity index (χ4n) is 0.865. The molecule has 16 heavy (non-hydrogen) atoms. The van der Waals surface area contributed by atoms with Crippen LogP contribution >= 0.6 is 0 Å². The van der Waals surface area contributed by atoms with Crippen LogP contribution in [0, 0.1) is 6.92 Å². The van der Waals surface area contributed by atoms with E-state index >= 15 is 0 Å². The first kappa shape index (κ1) is 14.6. The highest BCUT2D eigenvalue weighted by Gasteiger charge is 2.12. The van der Waals surface area contributed by atoms with E-state index in [9.17, 15) is 8.42 Å². The first-order valence-electron chi connectivity index (χ1n) is 3.75. The van der Waals surface area contributed by atoms with Gasteiger partial charge in [0, 0.05) is 0 Å². The normalized spacial score (nSPS) is 10.1. The molecule has 7 nitrogen and oxygen atoms in total. The van der Waals surface area contributed by atoms with Crippen molar-refractivity contribution in [1.82, 2.24) is 0 Å². The monoisotopic (exact) mass is 267 g/mol. The molecule has 0 spiro atoms. The first-order valence-corrected chi connectivity index (χ1v) is 6.19. The van der Waals surface area contributed by atoms with Gasteiger partial charge in [-0.05, 0) is 24.6 Å². The fraction of sp³-hybridized carbons (Fsp3) is 0.143. The molecule has 0 saturated heterocycles. The molecule has 0 bridgehead atoms. The minimum atomic E-state index is -4.18. The molecule has 0 unspecified atom stereocenters. The van der Waals surface area contributed by atoms with Gasteiger partial charge >= 0.3 is 10.6 Å². The van der Waals surface area contributed by atoms with Gasteiger partial charge in [0.15, 0.2) is 0 Å². The van der Waals surface area contributed by atoms with E-state index in [0.717, 1.165) is 5.56 Å². The van der Waals surface area contributed by atoms with Crippen molar-refractivity contribution in [3.8, 4) is 0 Å². The Morgan fingerprint density at radius 2 is 1.69 bits per heavy atom. The Hall–Kier alpha value is -1.45. The van der Waals surface area contributed by atoms with Crippen molar-refractivity contribution in [3.63, 3.8) is 0 Å². The summed E-state index contributed by atoms with van der Waals surface area (Å²) in [5.41, 5.74) is 6.13. The van der Waals surface area contributed by atoms with Gasteiger partial charge in [-0.25, -0.2) is 0 Å². The summed E-state index contributed by atoms with van der Waals surface area (Å²) in [7, 11) is -7.29. The van der Waals surface area contributed by atoms with Crippen molar-refractivity contribution in [1.29, 1.82) is 0 Å². The van der Waals surface area contributed by atoms with Gasteiger partial charge in [-0.1, -0.05) is 6.07 Å². The molecule has 3 N–H and O–H groups in total. The molecule has 0 amide bonds. The lowest BCUT2D eigenvalue weighted by Gasteiger charge is -2.02. The molecule has 0 aliphatic rings. The summed E-state index contributed by atoms with van der Waals surface area (Å²) in [5, 5.41) is 0. The minimum Gasteiger partial charge on any atom is -0.398 e. The second kappa shape index (κ2) is 5.58. The summed E-state index contributed by atoms with van der Waals surface area (Å²) >= 11 is 0. The second-order valence-electron chi connectivity index (χ2n) is 2.72. The third kappa shape index (κ3) is 5.44. The van der Waals surface area contributed by atoms with Crippen molar-refractivity contribution in [2.75, 3.05) is 5.73 Å². The molecule has 0 fully saturated rings. The van der Waals surface area contributed by atoms with E-state index in [2.05, 4.69) is 0 Å². The van der Waals surface area contributed by atoms with Crippen LogP contribution in [0.5, 0.6) is 0 Å². The predicted molar refractivity (Wildman–Crippen MR) is 55.1 cm³/mol. The molecule has 0 atom stereocenters. The largest absolute Gasteiger partial charge is 0.425 e. The van der Waals surface area contributed by atoms with Crippen molar-refractivity contribution in [2.45, 2.75) is 11.8 Å². The van der Waals surface area contributed by atoms with Gasteiger partial charge in [-0.3, -0.25) is 4.55 Å². The van der Waals surface area contributed by atoms with Crippen LogP contribution in [0.3, 0.4) is 0 Å². The molecule has 9 heteroatoms. The Morgan fingerprint density at radius 1 is 1.25 bits per heavy atom. The average molecular weight is 267 g/mol. The zero-order chi connectivity index (χ0) is 12.9. The van der Waals surface area contributed by atoms with Crippen LogP contribution in [0.2, 0.25) is 0 Å². The summed E-state index contributed by atoms with van der Waals surface area (Å²) in [4.78, 5) is -0.234. The Bertz CT molecular complexity index is 568. The number of hydrogen-bond donors (Lipinski definition) is 2. The van der Waals surface area contributed by atoms with Crippen LogP contribution in [0.15, 0.2) is 23.1 Å². The van der Waals surface area contributed by atoms with E-state index in [-0.39, 0.29) is 10.6 Å². The first-order chi connectivity index (χ1) is 7.14. The van der Waals surface area contributed by atoms with Crippen LogP contribution in [-0.4, -0.2) is 25.6 Å². The lowest BCUT2D eigenvalue weighted by Crippen LogP contribution is -2.03. The Balaban J connectivity index is 0.000000487. The van der Waals surface area contributed by atoms with Crippen LogP contribution in [0.4, 0.5) is 5.69 Å². The molecule has 1 aromatic rings. The Labute approximate surface area is 93.7 Å². The van der Waals surface area contributed by atoms with E-state index in [1.807, 2.05) is 0 Å². The van der Waals surface area contributed by atoms with Crippen LogP contribution < -0.4 is 5.73 Å². The lowest BCUT2D eigenvalue weighted by atomic mass is 10.2. The zero-order valence-corrected chi connectivity index (χ0v) is 9.75. The summed E-state index contributed by atoms with van der Waals surface area (Å²) in [5.74, 6) is 0. The molecule has 0 aromatic heterocycles. The summed E-state index contributed by atoms with van der Waals surface area (Å²) in [6, 6.07) is 4.44. The molecule has 1 rings (SSSR count). The zero-order valence-electron chi connectivity index (χ0n) is 8.11. The summed E-state index contributed by atoms with van der Waals surface area (Å²) in [6.07, 6.45) is 0. The number of anilines is 1. The third-order valence-electron chi connectivity index (χ3n) is 1.45. The molecule has 0 aliphatic heterocycles. The van der Waals surface area contributed by atoms with Gasteiger partial charge in [-0.2, -0.15) is 8.42 Å². The molecule has 0 saturated carbocycles. The summed E-state index contributed by atoms with van der Waals surface area (Å²) in [6.45, 7) is 1.72. The van der Waals surface area contributed by atoms with E-state index in [0.29, 0.717) is 0 Å². The smallest absolute Gasteiger partial charge is 0.398 e. The quantitative estimate of drug-likeness (QED) is 0.532. The topological polar surface area (TPSA) is 132 Å². The van der Waals surface area contributed by atoms with E-state index < -0.39 is 20.7 Å². The molecule has 90 valence electrons. The standard InChI is InChI=1S/C7H9NO3S.O3S/c1-5-2-3-6(8)7(4-5)12(9,10)11;1-4(2)3/h2-4H,8H2,1H3,(H,9,10,11);. The molecule has 0 heterocycles. The molecular weight excluding hydrogens is 258 g/mol. The van der Waals surface area contributed by atoms with Gasteiger partial charge in [-0.15, -0.1) is 12.6 Å². The lowest BCUT2D eigenvalue weighted by molar-refractivity contribution is 0.483. The molecule has 0 aliphatic carbocycles. The highest BCUT2D eigenvalue weighted by molar-refractivity contribution is 7.86. The third-order valence-corrected chi connectivity index (χ3v) is 2.36. The number of benzene rings is 1. The maximum Gasteiger partial charge on any atom is 0.425 e. The maximum atomic E-state index is 10.7. The number of nitrogen functional groups attached to an aromatic ring is 1. The van der Waals surface area contributed by atoms with E-state index in [4.69, 9.17) is 22.9 Å². The van der Waals surface area contributed by atoms with Gasteiger partial charge in [0.1, 0.15) is 4.90 Å².